The number of nitrogens with zero attached hydrogens (tertiary/aromatic N) is 2. The van der Waals surface area contributed by atoms with Gasteiger partial charge in [0.15, 0.2) is 17.2 Å². The van der Waals surface area contributed by atoms with Gasteiger partial charge in [0.1, 0.15) is 17.2 Å². The van der Waals surface area contributed by atoms with E-state index in [1.54, 1.807) is 13.2 Å². The Hall–Kier alpha value is -3.94. The number of methoxy groups -OCH3 is 3. The zero-order valence-corrected chi connectivity index (χ0v) is 20.7. The molecule has 0 saturated heterocycles. The number of rotatable bonds is 7. The summed E-state index contributed by atoms with van der Waals surface area (Å²) in [5.41, 5.74) is 6.12. The van der Waals surface area contributed by atoms with Crippen LogP contribution in [0.1, 0.15) is 45.2 Å². The first-order chi connectivity index (χ1) is 16.9. The van der Waals surface area contributed by atoms with E-state index >= 15 is 0 Å². The molecule has 1 aliphatic heterocycles. The molecule has 0 spiro atoms. The minimum absolute atomic E-state index is 0.112. The lowest BCUT2D eigenvalue weighted by molar-refractivity contribution is 0.246. The van der Waals surface area contributed by atoms with Crippen molar-refractivity contribution >= 4 is 11.4 Å². The Balaban J connectivity index is 1.97. The molecule has 0 radical (unpaired) electrons. The number of ether oxygens (including phenoxy) is 4. The number of nitroso groups, excluding NO2 is 2. The average molecular weight is 477 g/mol. The molecule has 1 aliphatic rings. The molecule has 0 bridgehead atoms. The highest BCUT2D eigenvalue weighted by molar-refractivity contribution is 5.66. The summed E-state index contributed by atoms with van der Waals surface area (Å²) in [4.78, 5) is 22.8. The number of benzene rings is 3. The molecule has 182 valence electrons. The summed E-state index contributed by atoms with van der Waals surface area (Å²) in [6.45, 7) is 6.22. The van der Waals surface area contributed by atoms with Crippen molar-refractivity contribution < 1.29 is 18.9 Å². The molecule has 8 nitrogen and oxygen atoms in total. The normalized spacial score (nSPS) is 16.6. The van der Waals surface area contributed by atoms with E-state index in [1.165, 1.54) is 14.2 Å². The van der Waals surface area contributed by atoms with Crippen LogP contribution in [0.4, 0.5) is 11.4 Å². The number of fused-ring (bicyclic) bond motifs is 1. The Labute approximate surface area is 204 Å². The van der Waals surface area contributed by atoms with Gasteiger partial charge in [-0.1, -0.05) is 18.2 Å². The first-order valence-corrected chi connectivity index (χ1v) is 11.2. The first-order valence-electron chi connectivity index (χ1n) is 11.2. The van der Waals surface area contributed by atoms with E-state index in [0.29, 0.717) is 35.1 Å². The Kier molecular flexibility index (Phi) is 6.73. The summed E-state index contributed by atoms with van der Waals surface area (Å²) in [5, 5.41) is 6.25. The van der Waals surface area contributed by atoms with Gasteiger partial charge in [-0.15, -0.1) is 9.81 Å². The van der Waals surface area contributed by atoms with Crippen LogP contribution in [0.3, 0.4) is 0 Å². The fraction of sp³-hybridized carbons (Fsp3) is 0.333. The van der Waals surface area contributed by atoms with Crippen LogP contribution in [0.5, 0.6) is 23.0 Å². The van der Waals surface area contributed by atoms with Crippen LogP contribution < -0.4 is 18.9 Å². The maximum absolute atomic E-state index is 11.5. The van der Waals surface area contributed by atoms with Gasteiger partial charge >= 0.3 is 0 Å². The highest BCUT2D eigenvalue weighted by Gasteiger charge is 2.36. The second-order valence-corrected chi connectivity index (χ2v) is 8.67. The van der Waals surface area contributed by atoms with Crippen molar-refractivity contribution in [3.05, 3.63) is 79.6 Å². The summed E-state index contributed by atoms with van der Waals surface area (Å²) in [7, 11) is 4.65. The third kappa shape index (κ3) is 4.09. The van der Waals surface area contributed by atoms with Gasteiger partial charge in [0.05, 0.1) is 27.9 Å². The van der Waals surface area contributed by atoms with Gasteiger partial charge in [0.25, 0.3) is 0 Å². The van der Waals surface area contributed by atoms with Crippen LogP contribution in [-0.4, -0.2) is 27.9 Å². The highest BCUT2D eigenvalue weighted by Crippen LogP contribution is 2.51. The second kappa shape index (κ2) is 9.74. The Bertz CT molecular complexity index is 1260. The maximum Gasteiger partial charge on any atom is 0.191 e. The van der Waals surface area contributed by atoms with Crippen molar-refractivity contribution in [3.8, 4) is 23.0 Å². The van der Waals surface area contributed by atoms with Gasteiger partial charge in [0, 0.05) is 23.0 Å². The maximum atomic E-state index is 11.5. The second-order valence-electron chi connectivity index (χ2n) is 8.67. The summed E-state index contributed by atoms with van der Waals surface area (Å²) in [6.07, 6.45) is 0. The minimum Gasteiger partial charge on any atom is -0.496 e. The largest absolute Gasteiger partial charge is 0.496 e. The fourth-order valence-electron chi connectivity index (χ4n) is 5.13. The van der Waals surface area contributed by atoms with E-state index < -0.39 is 0 Å². The van der Waals surface area contributed by atoms with Gasteiger partial charge in [0.2, 0.25) is 0 Å². The third-order valence-corrected chi connectivity index (χ3v) is 6.72. The lowest BCUT2D eigenvalue weighted by Gasteiger charge is -2.36. The molecule has 1 heterocycles. The van der Waals surface area contributed by atoms with E-state index in [2.05, 4.69) is 22.5 Å². The molecule has 0 aromatic heterocycles. The van der Waals surface area contributed by atoms with E-state index in [-0.39, 0.29) is 17.5 Å². The van der Waals surface area contributed by atoms with Crippen molar-refractivity contribution in [1.29, 1.82) is 0 Å². The predicted octanol–water partition coefficient (Wildman–Crippen LogP) is 6.74. The third-order valence-electron chi connectivity index (χ3n) is 6.72. The van der Waals surface area contributed by atoms with Gasteiger partial charge in [-0.3, -0.25) is 0 Å². The van der Waals surface area contributed by atoms with Crippen LogP contribution in [0.2, 0.25) is 0 Å². The topological polar surface area (TPSA) is 95.8 Å². The molecule has 8 heteroatoms. The fourth-order valence-corrected chi connectivity index (χ4v) is 5.13. The number of hydrogen-bond donors (Lipinski definition) is 0. The summed E-state index contributed by atoms with van der Waals surface area (Å²) < 4.78 is 22.7. The molecule has 0 amide bonds. The molecular weight excluding hydrogens is 448 g/mol. The van der Waals surface area contributed by atoms with Crippen molar-refractivity contribution in [2.24, 2.45) is 10.4 Å². The van der Waals surface area contributed by atoms with Crippen LogP contribution in [-0.2, 0) is 0 Å². The molecule has 4 rings (SSSR count). The molecule has 0 fully saturated rings. The van der Waals surface area contributed by atoms with Crippen LogP contribution in [0.25, 0.3) is 0 Å². The van der Waals surface area contributed by atoms with Crippen molar-refractivity contribution in [3.63, 3.8) is 0 Å². The van der Waals surface area contributed by atoms with Crippen LogP contribution in [0, 0.1) is 30.6 Å². The molecule has 2 atom stereocenters. The standard InChI is InChI=1S/C27H28N2O6/c1-14-9-18(10-15(2)26(14)34-6)24-19-7-8-21(28-30)16(3)27(19)35-13-20(24)17-11-22(32-4)25(29-31)23(12-17)33-5/h7-12,20,24H,13H2,1-6H3. The van der Waals surface area contributed by atoms with Crippen molar-refractivity contribution in [2.45, 2.75) is 32.6 Å². The SMILES string of the molecule is COc1cc(C2COc3c(ccc(N=O)c3C)C2c2cc(C)c(OC)c(C)c2)cc(OC)c1N=O. The average Bonchev–Trinajstić information content (AvgIpc) is 2.87. The molecule has 0 aliphatic carbocycles. The first kappa shape index (κ1) is 24.2. The van der Waals surface area contributed by atoms with Crippen molar-refractivity contribution in [2.75, 3.05) is 27.9 Å². The smallest absolute Gasteiger partial charge is 0.191 e. The monoisotopic (exact) mass is 476 g/mol. The number of hydrogen-bond acceptors (Lipinski definition) is 8. The van der Waals surface area contributed by atoms with E-state index in [1.807, 2.05) is 39.0 Å². The molecule has 0 saturated carbocycles. The Morgan fingerprint density at radius 3 is 1.97 bits per heavy atom. The Morgan fingerprint density at radius 1 is 0.829 bits per heavy atom. The van der Waals surface area contributed by atoms with Gasteiger partial charge in [-0.25, -0.2) is 0 Å². The van der Waals surface area contributed by atoms with Crippen LogP contribution >= 0.6 is 0 Å². The lowest BCUT2D eigenvalue weighted by Crippen LogP contribution is -2.26. The van der Waals surface area contributed by atoms with Gasteiger partial charge in [-0.05, 0) is 71.6 Å². The Morgan fingerprint density at radius 2 is 1.46 bits per heavy atom. The zero-order valence-electron chi connectivity index (χ0n) is 20.7. The highest BCUT2D eigenvalue weighted by atomic mass is 16.5. The summed E-state index contributed by atoms with van der Waals surface area (Å²) in [6, 6.07) is 11.5. The molecular formula is C27H28N2O6. The minimum atomic E-state index is -0.146. The van der Waals surface area contributed by atoms with Gasteiger partial charge in [-0.2, -0.15) is 0 Å². The molecule has 3 aromatic rings. The molecule has 3 aromatic carbocycles. The zero-order chi connectivity index (χ0) is 25.3. The van der Waals surface area contributed by atoms with Crippen LogP contribution in [0.15, 0.2) is 46.8 Å². The lowest BCUT2D eigenvalue weighted by atomic mass is 9.74. The summed E-state index contributed by atoms with van der Waals surface area (Å²) in [5.74, 6) is 1.91. The molecule has 2 unspecified atom stereocenters. The summed E-state index contributed by atoms with van der Waals surface area (Å²) >= 11 is 0. The predicted molar refractivity (Wildman–Crippen MR) is 134 cm³/mol. The molecule has 35 heavy (non-hydrogen) atoms. The molecule has 0 N–H and O–H groups in total. The number of aryl methyl sites for hydroxylation is 2. The van der Waals surface area contributed by atoms with E-state index in [4.69, 9.17) is 18.9 Å². The van der Waals surface area contributed by atoms with E-state index in [9.17, 15) is 9.81 Å². The van der Waals surface area contributed by atoms with Crippen molar-refractivity contribution in [1.82, 2.24) is 0 Å². The van der Waals surface area contributed by atoms with E-state index in [0.717, 1.165) is 33.6 Å². The quantitative estimate of drug-likeness (QED) is 0.350. The van der Waals surface area contributed by atoms with Gasteiger partial charge < -0.3 is 18.9 Å².